The lowest BCUT2D eigenvalue weighted by atomic mass is 10.00. The van der Waals surface area contributed by atoms with E-state index in [1.807, 2.05) is 18.2 Å². The molecule has 1 N–H and O–H groups in total. The maximum absolute atomic E-state index is 6.00. The molecule has 180 valence electrons. The van der Waals surface area contributed by atoms with Gasteiger partial charge >= 0.3 is 0 Å². The van der Waals surface area contributed by atoms with Crippen molar-refractivity contribution in [3.63, 3.8) is 0 Å². The highest BCUT2D eigenvalue weighted by Crippen LogP contribution is 2.33. The van der Waals surface area contributed by atoms with Gasteiger partial charge in [-0.25, -0.2) is 0 Å². The topological polar surface area (TPSA) is 25.2 Å². The second kappa shape index (κ2) is 9.42. The minimum atomic E-state index is 0.916. The van der Waals surface area contributed by atoms with E-state index in [1.54, 1.807) is 0 Å². The molecule has 38 heavy (non-hydrogen) atoms. The van der Waals surface area contributed by atoms with E-state index >= 15 is 0 Å². The Kier molecular flexibility index (Phi) is 5.49. The summed E-state index contributed by atoms with van der Waals surface area (Å²) in [6.45, 7) is 0. The third-order valence-corrected chi connectivity index (χ3v) is 7.07. The Morgan fingerprint density at radius 3 is 1.66 bits per heavy atom. The van der Waals surface area contributed by atoms with Crippen LogP contribution in [-0.4, -0.2) is 0 Å². The van der Waals surface area contributed by atoms with Crippen LogP contribution in [0.5, 0.6) is 0 Å². The molecular formula is C36H25NO. The van der Waals surface area contributed by atoms with Gasteiger partial charge in [-0.15, -0.1) is 0 Å². The number of furan rings is 1. The molecule has 0 unspecified atom stereocenters. The second-order valence-electron chi connectivity index (χ2n) is 9.54. The summed E-state index contributed by atoms with van der Waals surface area (Å²) in [6, 6.07) is 51.0. The predicted molar refractivity (Wildman–Crippen MR) is 160 cm³/mol. The molecule has 0 fully saturated rings. The molecule has 0 aliphatic rings. The fraction of sp³-hybridized carbons (Fsp3) is 0. The molecule has 0 saturated heterocycles. The van der Waals surface area contributed by atoms with Gasteiger partial charge in [0.05, 0.1) is 0 Å². The number of nitrogens with one attached hydrogen (secondary N) is 1. The maximum atomic E-state index is 6.00. The normalized spacial score (nSPS) is 11.2. The molecule has 0 saturated carbocycles. The fourth-order valence-electron chi connectivity index (χ4n) is 5.08. The zero-order chi connectivity index (χ0) is 25.3. The van der Waals surface area contributed by atoms with Crippen molar-refractivity contribution in [3.8, 4) is 33.4 Å². The van der Waals surface area contributed by atoms with Crippen LogP contribution in [0.1, 0.15) is 0 Å². The Morgan fingerprint density at radius 2 is 0.895 bits per heavy atom. The van der Waals surface area contributed by atoms with Gasteiger partial charge in [-0.2, -0.15) is 0 Å². The van der Waals surface area contributed by atoms with Crippen molar-refractivity contribution in [1.29, 1.82) is 0 Å². The Balaban J connectivity index is 1.11. The van der Waals surface area contributed by atoms with Crippen molar-refractivity contribution in [1.82, 2.24) is 0 Å². The lowest BCUT2D eigenvalue weighted by Crippen LogP contribution is -1.91. The van der Waals surface area contributed by atoms with Gasteiger partial charge in [-0.3, -0.25) is 0 Å². The molecule has 0 spiro atoms. The van der Waals surface area contributed by atoms with Crippen LogP contribution in [0.15, 0.2) is 150 Å². The van der Waals surface area contributed by atoms with Crippen molar-refractivity contribution in [2.75, 3.05) is 5.32 Å². The van der Waals surface area contributed by atoms with Crippen LogP contribution in [0.2, 0.25) is 0 Å². The van der Waals surface area contributed by atoms with Crippen molar-refractivity contribution in [2.45, 2.75) is 0 Å². The smallest absolute Gasteiger partial charge is 0.135 e. The quantitative estimate of drug-likeness (QED) is 0.261. The Hall–Kier alpha value is -5.08. The molecule has 0 amide bonds. The minimum Gasteiger partial charge on any atom is -0.456 e. The second-order valence-corrected chi connectivity index (χ2v) is 9.54. The van der Waals surface area contributed by atoms with Crippen molar-refractivity contribution >= 4 is 33.3 Å². The molecule has 7 rings (SSSR count). The molecule has 1 heterocycles. The third kappa shape index (κ3) is 4.23. The predicted octanol–water partition coefficient (Wildman–Crippen LogP) is 10.3. The highest BCUT2D eigenvalue weighted by atomic mass is 16.3. The van der Waals surface area contributed by atoms with Crippen LogP contribution < -0.4 is 5.32 Å². The number of anilines is 2. The molecular weight excluding hydrogens is 462 g/mol. The molecule has 2 nitrogen and oxygen atoms in total. The number of benzene rings is 6. The average Bonchev–Trinajstić information content (AvgIpc) is 3.36. The average molecular weight is 488 g/mol. The molecule has 7 aromatic rings. The van der Waals surface area contributed by atoms with Crippen LogP contribution in [0.25, 0.3) is 55.3 Å². The van der Waals surface area contributed by atoms with E-state index in [4.69, 9.17) is 4.42 Å². The Bertz CT molecular complexity index is 1860. The lowest BCUT2D eigenvalue weighted by Gasteiger charge is -2.10. The van der Waals surface area contributed by atoms with Gasteiger partial charge in [0.1, 0.15) is 11.2 Å². The summed E-state index contributed by atoms with van der Waals surface area (Å²) in [6.07, 6.45) is 0. The summed E-state index contributed by atoms with van der Waals surface area (Å²) >= 11 is 0. The van der Waals surface area contributed by atoms with Gasteiger partial charge < -0.3 is 9.73 Å². The van der Waals surface area contributed by atoms with Gasteiger partial charge in [0.2, 0.25) is 0 Å². The summed E-state index contributed by atoms with van der Waals surface area (Å²) in [4.78, 5) is 0. The molecule has 0 aliphatic heterocycles. The summed E-state index contributed by atoms with van der Waals surface area (Å²) < 4.78 is 6.00. The first kappa shape index (κ1) is 22.1. The first-order valence-electron chi connectivity index (χ1n) is 12.8. The molecule has 6 aromatic carbocycles. The summed E-state index contributed by atoms with van der Waals surface area (Å²) in [5, 5.41) is 5.86. The third-order valence-electron chi connectivity index (χ3n) is 7.07. The zero-order valence-corrected chi connectivity index (χ0v) is 20.8. The van der Waals surface area contributed by atoms with Gasteiger partial charge in [0.15, 0.2) is 0 Å². The Labute approximate surface area is 221 Å². The van der Waals surface area contributed by atoms with E-state index in [0.717, 1.165) is 38.9 Å². The largest absolute Gasteiger partial charge is 0.456 e. The highest BCUT2D eigenvalue weighted by molar-refractivity contribution is 6.06. The molecule has 2 heteroatoms. The number of hydrogen-bond acceptors (Lipinski definition) is 2. The van der Waals surface area contributed by atoms with Crippen LogP contribution in [0.3, 0.4) is 0 Å². The van der Waals surface area contributed by atoms with Crippen molar-refractivity contribution in [3.05, 3.63) is 146 Å². The highest BCUT2D eigenvalue weighted by Gasteiger charge is 2.09. The molecule has 0 bridgehead atoms. The van der Waals surface area contributed by atoms with E-state index in [0.29, 0.717) is 0 Å². The lowest BCUT2D eigenvalue weighted by molar-refractivity contribution is 0.669. The van der Waals surface area contributed by atoms with Crippen LogP contribution in [0.4, 0.5) is 11.4 Å². The first-order valence-corrected chi connectivity index (χ1v) is 12.8. The fourth-order valence-corrected chi connectivity index (χ4v) is 5.08. The summed E-state index contributed by atoms with van der Waals surface area (Å²) in [5.74, 6) is 0. The monoisotopic (exact) mass is 487 g/mol. The number of hydrogen-bond donors (Lipinski definition) is 1. The number of fused-ring (bicyclic) bond motifs is 3. The summed E-state index contributed by atoms with van der Waals surface area (Å²) in [5.41, 5.74) is 11.2. The van der Waals surface area contributed by atoms with Gasteiger partial charge in [0.25, 0.3) is 0 Å². The maximum Gasteiger partial charge on any atom is 0.135 e. The van der Waals surface area contributed by atoms with Gasteiger partial charge in [-0.05, 0) is 75.8 Å². The van der Waals surface area contributed by atoms with Gasteiger partial charge in [-0.1, -0.05) is 103 Å². The van der Waals surface area contributed by atoms with E-state index in [2.05, 4.69) is 133 Å². The molecule has 0 aliphatic carbocycles. The molecule has 0 radical (unpaired) electrons. The van der Waals surface area contributed by atoms with Crippen LogP contribution in [-0.2, 0) is 0 Å². The van der Waals surface area contributed by atoms with E-state index in [1.165, 1.54) is 27.8 Å². The molecule has 0 atom stereocenters. The standard InChI is InChI=1S/C36H25NO/c1-2-7-25(8-3-1)26-13-15-27(16-14-26)28-17-20-31(21-18-28)37-32-10-6-9-29(23-32)30-19-22-36-34(24-30)33-11-4-5-12-35(33)38-36/h1-24,37H. The van der Waals surface area contributed by atoms with Crippen molar-refractivity contribution in [2.24, 2.45) is 0 Å². The SMILES string of the molecule is c1ccc(-c2ccc(-c3ccc(Nc4cccc(-c5ccc6oc7ccccc7c6c5)c4)cc3)cc2)cc1. The van der Waals surface area contributed by atoms with E-state index < -0.39 is 0 Å². The van der Waals surface area contributed by atoms with Gasteiger partial charge in [0, 0.05) is 22.1 Å². The van der Waals surface area contributed by atoms with Crippen molar-refractivity contribution < 1.29 is 4.42 Å². The first-order chi connectivity index (χ1) is 18.8. The van der Waals surface area contributed by atoms with Crippen LogP contribution >= 0.6 is 0 Å². The van der Waals surface area contributed by atoms with E-state index in [-0.39, 0.29) is 0 Å². The molecule has 1 aromatic heterocycles. The number of para-hydroxylation sites is 1. The van der Waals surface area contributed by atoms with Crippen LogP contribution in [0, 0.1) is 0 Å². The number of rotatable bonds is 5. The zero-order valence-electron chi connectivity index (χ0n) is 20.8. The van der Waals surface area contributed by atoms with E-state index in [9.17, 15) is 0 Å². The minimum absolute atomic E-state index is 0.916. The Morgan fingerprint density at radius 1 is 0.342 bits per heavy atom. The summed E-state index contributed by atoms with van der Waals surface area (Å²) in [7, 11) is 0.